The van der Waals surface area contributed by atoms with E-state index in [1.54, 1.807) is 4.90 Å². The molecular weight excluding hydrogens is 254 g/mol. The molecule has 2 rings (SSSR count). The number of amides is 2. The molecule has 0 bridgehead atoms. The number of nitrogens with one attached hydrogen (secondary N) is 2. The van der Waals surface area contributed by atoms with E-state index >= 15 is 0 Å². The van der Waals surface area contributed by atoms with Crippen LogP contribution in [0, 0.1) is 5.41 Å². The van der Waals surface area contributed by atoms with Crippen LogP contribution in [0.1, 0.15) is 46.0 Å². The van der Waals surface area contributed by atoms with Gasteiger partial charge >= 0.3 is 11.8 Å². The van der Waals surface area contributed by atoms with Crippen molar-refractivity contribution < 1.29 is 9.59 Å². The average molecular weight is 281 g/mol. The van der Waals surface area contributed by atoms with Gasteiger partial charge in [0.25, 0.3) is 0 Å². The largest absolute Gasteiger partial charge is 0.345 e. The Morgan fingerprint density at radius 2 is 1.85 bits per heavy atom. The number of hydrogen-bond acceptors (Lipinski definition) is 3. The summed E-state index contributed by atoms with van der Waals surface area (Å²) in [5, 5.41) is 6.16. The van der Waals surface area contributed by atoms with E-state index in [9.17, 15) is 9.59 Å². The lowest BCUT2D eigenvalue weighted by atomic mass is 9.75. The Balaban J connectivity index is 1.80. The summed E-state index contributed by atoms with van der Waals surface area (Å²) in [6, 6.07) is 0.171. The van der Waals surface area contributed by atoms with Crippen molar-refractivity contribution in [1.29, 1.82) is 0 Å². The van der Waals surface area contributed by atoms with Crippen molar-refractivity contribution in [3.05, 3.63) is 0 Å². The van der Waals surface area contributed by atoms with E-state index in [1.807, 2.05) is 0 Å². The third-order valence-electron chi connectivity index (χ3n) is 4.50. The highest BCUT2D eigenvalue weighted by Gasteiger charge is 2.30. The maximum Gasteiger partial charge on any atom is 0.311 e. The van der Waals surface area contributed by atoms with Crippen LogP contribution in [0.5, 0.6) is 0 Å². The first-order valence-electron chi connectivity index (χ1n) is 7.78. The minimum Gasteiger partial charge on any atom is -0.345 e. The second-order valence-corrected chi connectivity index (χ2v) is 6.81. The molecule has 0 atom stereocenters. The van der Waals surface area contributed by atoms with Crippen LogP contribution in [0.15, 0.2) is 0 Å². The summed E-state index contributed by atoms with van der Waals surface area (Å²) >= 11 is 0. The van der Waals surface area contributed by atoms with Gasteiger partial charge in [-0.2, -0.15) is 0 Å². The van der Waals surface area contributed by atoms with Gasteiger partial charge in [0.15, 0.2) is 0 Å². The lowest BCUT2D eigenvalue weighted by Crippen LogP contribution is -2.48. The molecule has 1 saturated carbocycles. The Bertz CT molecular complexity index is 350. The van der Waals surface area contributed by atoms with Crippen LogP contribution in [-0.2, 0) is 9.59 Å². The Morgan fingerprint density at radius 3 is 2.55 bits per heavy atom. The highest BCUT2D eigenvalue weighted by atomic mass is 16.2. The zero-order valence-corrected chi connectivity index (χ0v) is 12.7. The Labute approximate surface area is 121 Å². The van der Waals surface area contributed by atoms with Crippen molar-refractivity contribution in [2.45, 2.75) is 52.0 Å². The molecule has 1 saturated heterocycles. The van der Waals surface area contributed by atoms with Crippen molar-refractivity contribution >= 4 is 11.8 Å². The van der Waals surface area contributed by atoms with Crippen LogP contribution >= 0.6 is 0 Å². The highest BCUT2D eigenvalue weighted by molar-refractivity contribution is 6.35. The van der Waals surface area contributed by atoms with Crippen molar-refractivity contribution in [2.75, 3.05) is 26.2 Å². The molecule has 0 unspecified atom stereocenters. The van der Waals surface area contributed by atoms with Gasteiger partial charge in [-0.05, 0) is 44.1 Å². The van der Waals surface area contributed by atoms with E-state index < -0.39 is 5.91 Å². The van der Waals surface area contributed by atoms with E-state index in [0.717, 1.165) is 45.2 Å². The molecule has 0 spiro atoms. The lowest BCUT2D eigenvalue weighted by Gasteiger charge is -2.34. The Morgan fingerprint density at radius 1 is 1.15 bits per heavy atom. The maximum atomic E-state index is 12.1. The zero-order valence-electron chi connectivity index (χ0n) is 12.7. The van der Waals surface area contributed by atoms with Crippen LogP contribution in [0.3, 0.4) is 0 Å². The van der Waals surface area contributed by atoms with Gasteiger partial charge < -0.3 is 15.5 Å². The number of carbonyl (C=O) groups excluding carboxylic acids is 2. The summed E-state index contributed by atoms with van der Waals surface area (Å²) < 4.78 is 0. The summed E-state index contributed by atoms with van der Waals surface area (Å²) in [6.45, 7) is 7.53. The van der Waals surface area contributed by atoms with Gasteiger partial charge in [-0.1, -0.05) is 13.8 Å². The third-order valence-corrected chi connectivity index (χ3v) is 4.50. The lowest BCUT2D eigenvalue weighted by molar-refractivity contribution is -0.146. The second kappa shape index (κ2) is 6.57. The SMILES string of the molecule is CC1(C)CCC(NC(=O)C(=O)N2CCCNCC2)CC1. The van der Waals surface area contributed by atoms with Crippen molar-refractivity contribution in [3.63, 3.8) is 0 Å². The predicted molar refractivity (Wildman–Crippen MR) is 78.2 cm³/mol. The molecule has 5 nitrogen and oxygen atoms in total. The Hall–Kier alpha value is -1.10. The van der Waals surface area contributed by atoms with Crippen LogP contribution in [0.25, 0.3) is 0 Å². The molecule has 20 heavy (non-hydrogen) atoms. The molecule has 0 aromatic rings. The van der Waals surface area contributed by atoms with Gasteiger partial charge in [0, 0.05) is 25.7 Å². The Kier molecular flexibility index (Phi) is 5.02. The van der Waals surface area contributed by atoms with Crippen molar-refractivity contribution in [3.8, 4) is 0 Å². The third kappa shape index (κ3) is 4.20. The maximum absolute atomic E-state index is 12.1. The fourth-order valence-electron chi connectivity index (χ4n) is 2.98. The van der Waals surface area contributed by atoms with E-state index in [4.69, 9.17) is 0 Å². The van der Waals surface area contributed by atoms with Gasteiger partial charge in [0.1, 0.15) is 0 Å². The molecule has 2 N–H and O–H groups in total. The smallest absolute Gasteiger partial charge is 0.311 e. The molecule has 0 radical (unpaired) electrons. The number of carbonyl (C=O) groups is 2. The minimum absolute atomic E-state index is 0.171. The van der Waals surface area contributed by atoms with Crippen LogP contribution < -0.4 is 10.6 Å². The van der Waals surface area contributed by atoms with Crippen LogP contribution in [-0.4, -0.2) is 48.9 Å². The normalized spacial score (nSPS) is 24.0. The average Bonchev–Trinajstić information content (AvgIpc) is 2.69. The fourth-order valence-corrected chi connectivity index (χ4v) is 2.98. The second-order valence-electron chi connectivity index (χ2n) is 6.81. The molecule has 0 aromatic heterocycles. The highest BCUT2D eigenvalue weighted by Crippen LogP contribution is 2.34. The summed E-state index contributed by atoms with van der Waals surface area (Å²) in [4.78, 5) is 25.9. The van der Waals surface area contributed by atoms with E-state index in [2.05, 4.69) is 24.5 Å². The summed E-state index contributed by atoms with van der Waals surface area (Å²) in [5.41, 5.74) is 0.377. The first kappa shape index (κ1) is 15.3. The number of nitrogens with zero attached hydrogens (tertiary/aromatic N) is 1. The quantitative estimate of drug-likeness (QED) is 0.702. The zero-order chi connectivity index (χ0) is 14.6. The molecule has 1 aliphatic heterocycles. The minimum atomic E-state index is -0.420. The van der Waals surface area contributed by atoms with Gasteiger partial charge in [-0.3, -0.25) is 9.59 Å². The molecule has 2 aliphatic rings. The van der Waals surface area contributed by atoms with E-state index in [-0.39, 0.29) is 11.9 Å². The first-order chi connectivity index (χ1) is 9.48. The van der Waals surface area contributed by atoms with Gasteiger partial charge in [-0.25, -0.2) is 0 Å². The van der Waals surface area contributed by atoms with E-state index in [1.165, 1.54) is 0 Å². The number of rotatable bonds is 1. The topological polar surface area (TPSA) is 61.4 Å². The van der Waals surface area contributed by atoms with Crippen LogP contribution in [0.4, 0.5) is 0 Å². The van der Waals surface area contributed by atoms with Gasteiger partial charge in [0.05, 0.1) is 0 Å². The molecule has 0 aromatic carbocycles. The standard InChI is InChI=1S/C15H27N3O2/c1-15(2)6-4-12(5-7-15)17-13(19)14(20)18-10-3-8-16-9-11-18/h12,16H,3-11H2,1-2H3,(H,17,19). The molecule has 2 fully saturated rings. The summed E-state index contributed by atoms with van der Waals surface area (Å²) in [7, 11) is 0. The monoisotopic (exact) mass is 281 g/mol. The molecule has 1 heterocycles. The molecule has 2 amide bonds. The summed E-state index contributed by atoms with van der Waals surface area (Å²) in [6.07, 6.45) is 5.09. The molecular formula is C15H27N3O2. The number of hydrogen-bond donors (Lipinski definition) is 2. The fraction of sp³-hybridized carbons (Fsp3) is 0.867. The molecule has 1 aliphatic carbocycles. The van der Waals surface area contributed by atoms with Gasteiger partial charge in [-0.15, -0.1) is 0 Å². The first-order valence-corrected chi connectivity index (χ1v) is 7.78. The van der Waals surface area contributed by atoms with Crippen molar-refractivity contribution in [1.82, 2.24) is 15.5 Å². The summed E-state index contributed by atoms with van der Waals surface area (Å²) in [5.74, 6) is -0.782. The van der Waals surface area contributed by atoms with Crippen LogP contribution in [0.2, 0.25) is 0 Å². The van der Waals surface area contributed by atoms with Crippen molar-refractivity contribution in [2.24, 2.45) is 5.41 Å². The molecule has 5 heteroatoms. The predicted octanol–water partition coefficient (Wildman–Crippen LogP) is 0.893. The van der Waals surface area contributed by atoms with E-state index in [0.29, 0.717) is 18.5 Å². The molecule has 114 valence electrons. The van der Waals surface area contributed by atoms with Gasteiger partial charge in [0.2, 0.25) is 0 Å².